The number of hydrogen-bond acceptors (Lipinski definition) is 4. The van der Waals surface area contributed by atoms with Crippen molar-refractivity contribution in [3.8, 4) is 0 Å². The van der Waals surface area contributed by atoms with E-state index >= 15 is 0 Å². The van der Waals surface area contributed by atoms with Gasteiger partial charge >= 0.3 is 5.69 Å². The molecule has 3 aliphatic rings. The lowest BCUT2D eigenvalue weighted by Crippen LogP contribution is -2.43. The molecular formula is C23H33N5O3. The highest BCUT2D eigenvalue weighted by Gasteiger charge is 2.42. The van der Waals surface area contributed by atoms with Gasteiger partial charge in [-0.1, -0.05) is 0 Å². The smallest absolute Gasteiger partial charge is 0.345 e. The van der Waals surface area contributed by atoms with E-state index in [-0.39, 0.29) is 23.7 Å². The second kappa shape index (κ2) is 7.97. The minimum atomic E-state index is -0.00169. The molecule has 2 fully saturated rings. The number of carbonyl (C=O) groups excluding carboxylic acids is 1. The van der Waals surface area contributed by atoms with Crippen molar-refractivity contribution in [1.82, 2.24) is 23.8 Å². The number of ether oxygens (including phenoxy) is 1. The first-order chi connectivity index (χ1) is 15.0. The Morgan fingerprint density at radius 1 is 1.19 bits per heavy atom. The highest BCUT2D eigenvalue weighted by Crippen LogP contribution is 2.34. The van der Waals surface area contributed by atoms with Gasteiger partial charge in [0.2, 0.25) is 0 Å². The van der Waals surface area contributed by atoms with E-state index in [0.29, 0.717) is 25.5 Å². The van der Waals surface area contributed by atoms with Crippen molar-refractivity contribution in [1.29, 1.82) is 0 Å². The number of amides is 1. The molecule has 4 heterocycles. The number of fused-ring (bicyclic) bond motifs is 3. The second-order valence-corrected chi connectivity index (χ2v) is 9.52. The lowest BCUT2D eigenvalue weighted by atomic mass is 10.1. The zero-order chi connectivity index (χ0) is 21.7. The number of methoxy groups -OCH3 is 1. The van der Waals surface area contributed by atoms with Gasteiger partial charge in [0.05, 0.1) is 11.6 Å². The quantitative estimate of drug-likeness (QED) is 0.635. The first-order valence-electron chi connectivity index (χ1n) is 11.6. The molecule has 1 aliphatic carbocycles. The Kier molecular flexibility index (Phi) is 5.28. The van der Waals surface area contributed by atoms with E-state index in [1.54, 1.807) is 11.8 Å². The standard InChI is InChI=1S/C23H33N5O3/c1-15-11-20(16(2)25(15)9-4-10-31-3)22(29)28-18-7-8-19(28)14-26-21(12-18)24-27(23(26)30)13-17-5-6-17/h11,17-19H,4-10,12-14H2,1-3H3. The normalized spacial score (nSPS) is 22.6. The van der Waals surface area contributed by atoms with E-state index in [1.807, 2.05) is 17.6 Å². The van der Waals surface area contributed by atoms with Crippen LogP contribution in [0, 0.1) is 19.8 Å². The lowest BCUT2D eigenvalue weighted by molar-refractivity contribution is 0.0664. The largest absolute Gasteiger partial charge is 0.385 e. The molecule has 0 aromatic carbocycles. The van der Waals surface area contributed by atoms with Crippen LogP contribution in [0.1, 0.15) is 59.7 Å². The molecule has 0 radical (unpaired) electrons. The summed E-state index contributed by atoms with van der Waals surface area (Å²) in [4.78, 5) is 28.7. The average molecular weight is 428 g/mol. The SMILES string of the molecule is COCCCn1c(C)cc(C(=O)N2C3CCC2Cn2c(nn(CC4CC4)c2=O)C3)c1C. The monoisotopic (exact) mass is 427 g/mol. The highest BCUT2D eigenvalue weighted by molar-refractivity contribution is 5.96. The van der Waals surface area contributed by atoms with Crippen molar-refractivity contribution >= 4 is 5.91 Å². The molecule has 8 nitrogen and oxygen atoms in total. The maximum Gasteiger partial charge on any atom is 0.345 e. The summed E-state index contributed by atoms with van der Waals surface area (Å²) in [5.74, 6) is 1.56. The summed E-state index contributed by atoms with van der Waals surface area (Å²) in [5.41, 5.74) is 2.91. The zero-order valence-electron chi connectivity index (χ0n) is 18.8. The minimum Gasteiger partial charge on any atom is -0.385 e. The van der Waals surface area contributed by atoms with Crippen LogP contribution < -0.4 is 5.69 Å². The van der Waals surface area contributed by atoms with Crippen molar-refractivity contribution < 1.29 is 9.53 Å². The molecule has 1 saturated heterocycles. The molecule has 0 N–H and O–H groups in total. The van der Waals surface area contributed by atoms with E-state index in [0.717, 1.165) is 55.1 Å². The van der Waals surface area contributed by atoms with Gasteiger partial charge in [0.25, 0.3) is 5.91 Å². The number of rotatable bonds is 7. The lowest BCUT2D eigenvalue weighted by Gasteiger charge is -2.28. The van der Waals surface area contributed by atoms with Crippen LogP contribution >= 0.6 is 0 Å². The van der Waals surface area contributed by atoms with Gasteiger partial charge in [-0.2, -0.15) is 5.10 Å². The van der Waals surface area contributed by atoms with Gasteiger partial charge in [-0.3, -0.25) is 9.36 Å². The maximum atomic E-state index is 13.7. The molecule has 31 heavy (non-hydrogen) atoms. The molecule has 2 atom stereocenters. The predicted octanol–water partition coefficient (Wildman–Crippen LogP) is 2.14. The number of aryl methyl sites for hydroxylation is 1. The maximum absolute atomic E-state index is 13.7. The predicted molar refractivity (Wildman–Crippen MR) is 116 cm³/mol. The van der Waals surface area contributed by atoms with Crippen molar-refractivity contribution in [2.24, 2.45) is 5.92 Å². The topological polar surface area (TPSA) is 74.3 Å². The van der Waals surface area contributed by atoms with Crippen molar-refractivity contribution in [3.63, 3.8) is 0 Å². The summed E-state index contributed by atoms with van der Waals surface area (Å²) in [6, 6.07) is 2.20. The van der Waals surface area contributed by atoms with Crippen LogP contribution in [-0.4, -0.2) is 55.5 Å². The summed E-state index contributed by atoms with van der Waals surface area (Å²) in [6.07, 6.45) is 5.92. The zero-order valence-corrected chi connectivity index (χ0v) is 18.8. The van der Waals surface area contributed by atoms with Crippen molar-refractivity contribution in [2.75, 3.05) is 13.7 Å². The van der Waals surface area contributed by atoms with Gasteiger partial charge in [0.15, 0.2) is 0 Å². The Balaban J connectivity index is 1.38. The van der Waals surface area contributed by atoms with Crippen LogP contribution in [0.3, 0.4) is 0 Å². The fourth-order valence-corrected chi connectivity index (χ4v) is 5.45. The third-order valence-corrected chi connectivity index (χ3v) is 7.33. The number of aromatic nitrogens is 4. The van der Waals surface area contributed by atoms with Crippen LogP contribution in [-0.2, 0) is 30.8 Å². The molecule has 1 amide bonds. The summed E-state index contributed by atoms with van der Waals surface area (Å²) in [7, 11) is 1.71. The first-order valence-corrected chi connectivity index (χ1v) is 11.6. The molecule has 2 unspecified atom stereocenters. The van der Waals surface area contributed by atoms with Crippen molar-refractivity contribution in [3.05, 3.63) is 39.3 Å². The van der Waals surface area contributed by atoms with E-state index in [9.17, 15) is 9.59 Å². The molecule has 2 aromatic rings. The van der Waals surface area contributed by atoms with Gasteiger partial charge in [-0.25, -0.2) is 9.48 Å². The van der Waals surface area contributed by atoms with Crippen LogP contribution in [0.4, 0.5) is 0 Å². The molecule has 8 heteroatoms. The van der Waals surface area contributed by atoms with Gasteiger partial charge in [0, 0.05) is 57.2 Å². The Morgan fingerprint density at radius 3 is 2.71 bits per heavy atom. The second-order valence-electron chi connectivity index (χ2n) is 9.52. The third kappa shape index (κ3) is 3.64. The first kappa shape index (κ1) is 20.5. The van der Waals surface area contributed by atoms with Gasteiger partial charge in [-0.05, 0) is 57.9 Å². The van der Waals surface area contributed by atoms with E-state index < -0.39 is 0 Å². The molecule has 5 rings (SSSR count). The summed E-state index contributed by atoms with van der Waals surface area (Å²) in [6.45, 7) is 6.96. The van der Waals surface area contributed by atoms with E-state index in [1.165, 1.54) is 12.8 Å². The molecule has 2 bridgehead atoms. The summed E-state index contributed by atoms with van der Waals surface area (Å²) >= 11 is 0. The molecule has 2 aromatic heterocycles. The molecule has 2 aliphatic heterocycles. The van der Waals surface area contributed by atoms with Gasteiger partial charge in [-0.15, -0.1) is 0 Å². The average Bonchev–Trinajstić information content (AvgIpc) is 3.36. The summed E-state index contributed by atoms with van der Waals surface area (Å²) in [5, 5.41) is 4.67. The summed E-state index contributed by atoms with van der Waals surface area (Å²) < 4.78 is 10.9. The highest BCUT2D eigenvalue weighted by atomic mass is 16.5. The fraction of sp³-hybridized carbons (Fsp3) is 0.696. The van der Waals surface area contributed by atoms with Crippen molar-refractivity contribution in [2.45, 2.75) is 84.1 Å². The van der Waals surface area contributed by atoms with Gasteiger partial charge < -0.3 is 14.2 Å². The fourth-order valence-electron chi connectivity index (χ4n) is 5.45. The molecule has 168 valence electrons. The number of nitrogens with zero attached hydrogens (tertiary/aromatic N) is 5. The van der Waals surface area contributed by atoms with Crippen LogP contribution in [0.2, 0.25) is 0 Å². The third-order valence-electron chi connectivity index (χ3n) is 7.33. The Bertz CT molecular complexity index is 1040. The number of hydrogen-bond donors (Lipinski definition) is 0. The van der Waals surface area contributed by atoms with E-state index in [4.69, 9.17) is 4.74 Å². The molecule has 1 saturated carbocycles. The Hall–Kier alpha value is -2.35. The van der Waals surface area contributed by atoms with E-state index in [2.05, 4.69) is 21.5 Å². The Labute approximate surface area is 182 Å². The molecule has 0 spiro atoms. The number of carbonyl (C=O) groups is 1. The molecular weight excluding hydrogens is 394 g/mol. The minimum absolute atomic E-state index is 0.00169. The Morgan fingerprint density at radius 2 is 1.97 bits per heavy atom. The van der Waals surface area contributed by atoms with Crippen LogP contribution in [0.25, 0.3) is 0 Å². The van der Waals surface area contributed by atoms with Crippen LogP contribution in [0.15, 0.2) is 10.9 Å². The van der Waals surface area contributed by atoms with Crippen LogP contribution in [0.5, 0.6) is 0 Å². The van der Waals surface area contributed by atoms with Gasteiger partial charge in [0.1, 0.15) is 5.82 Å².